The van der Waals surface area contributed by atoms with Gasteiger partial charge in [-0.3, -0.25) is 4.79 Å². The van der Waals surface area contributed by atoms with E-state index in [1.165, 1.54) is 18.4 Å². The minimum atomic E-state index is -0.188. The second-order valence-corrected chi connectivity index (χ2v) is 8.57. The Morgan fingerprint density at radius 1 is 1.19 bits per heavy atom. The highest BCUT2D eigenvalue weighted by Crippen LogP contribution is 2.35. The average molecular weight is 424 g/mol. The first-order chi connectivity index (χ1) is 15.2. The number of ether oxygens (including phenoxy) is 1. The van der Waals surface area contributed by atoms with Crippen LogP contribution in [0.3, 0.4) is 0 Å². The zero-order valence-electron chi connectivity index (χ0n) is 18.6. The predicted octanol–water partition coefficient (Wildman–Crippen LogP) is 2.94. The number of nitrogens with zero attached hydrogens (tertiary/aromatic N) is 3. The van der Waals surface area contributed by atoms with Gasteiger partial charge < -0.3 is 20.3 Å². The van der Waals surface area contributed by atoms with Crippen molar-refractivity contribution < 1.29 is 9.53 Å². The van der Waals surface area contributed by atoms with Gasteiger partial charge in [-0.25, -0.2) is 9.97 Å². The number of aryl methyl sites for hydroxylation is 1. The van der Waals surface area contributed by atoms with E-state index in [2.05, 4.69) is 32.4 Å². The second-order valence-electron chi connectivity index (χ2n) is 8.57. The fourth-order valence-corrected chi connectivity index (χ4v) is 4.68. The zero-order valence-corrected chi connectivity index (χ0v) is 18.6. The summed E-state index contributed by atoms with van der Waals surface area (Å²) in [5.41, 5.74) is 3.42. The maximum absolute atomic E-state index is 13.1. The lowest BCUT2D eigenvalue weighted by atomic mass is 9.97. The Balaban J connectivity index is 1.35. The van der Waals surface area contributed by atoms with Gasteiger partial charge in [0.15, 0.2) is 0 Å². The molecule has 1 aliphatic heterocycles. The Morgan fingerprint density at radius 2 is 1.97 bits per heavy atom. The maximum Gasteiger partial charge on any atom is 0.228 e. The number of methoxy groups -OCH3 is 1. The topological polar surface area (TPSA) is 79.4 Å². The SMILES string of the molecule is COc1ccc(C(CN2CCCC2)C(=O)NCCNc2ncnc3c2[C@H](C)CC3)cc1. The molecule has 2 atom stereocenters. The van der Waals surface area contributed by atoms with Crippen molar-refractivity contribution in [1.29, 1.82) is 0 Å². The number of carbonyl (C=O) groups is 1. The molecular weight excluding hydrogens is 390 g/mol. The summed E-state index contributed by atoms with van der Waals surface area (Å²) in [7, 11) is 1.66. The predicted molar refractivity (Wildman–Crippen MR) is 122 cm³/mol. The number of hydrogen-bond donors (Lipinski definition) is 2. The van der Waals surface area contributed by atoms with Gasteiger partial charge in [-0.05, 0) is 62.4 Å². The van der Waals surface area contributed by atoms with E-state index in [-0.39, 0.29) is 11.8 Å². The minimum Gasteiger partial charge on any atom is -0.497 e. The van der Waals surface area contributed by atoms with Crippen LogP contribution in [0.4, 0.5) is 5.82 Å². The first kappa shape index (κ1) is 21.6. The number of aromatic nitrogens is 2. The van der Waals surface area contributed by atoms with Crippen molar-refractivity contribution in [2.75, 3.05) is 45.2 Å². The second kappa shape index (κ2) is 10.1. The van der Waals surface area contributed by atoms with E-state index in [0.717, 1.165) is 55.3 Å². The number of benzene rings is 1. The van der Waals surface area contributed by atoms with Crippen molar-refractivity contribution in [2.45, 2.75) is 44.4 Å². The Bertz CT molecular complexity index is 880. The third-order valence-electron chi connectivity index (χ3n) is 6.46. The van der Waals surface area contributed by atoms with Gasteiger partial charge in [-0.1, -0.05) is 19.1 Å². The molecule has 1 aromatic heterocycles. The largest absolute Gasteiger partial charge is 0.497 e. The summed E-state index contributed by atoms with van der Waals surface area (Å²) in [6.07, 6.45) is 6.20. The number of nitrogens with one attached hydrogen (secondary N) is 2. The molecule has 31 heavy (non-hydrogen) atoms. The van der Waals surface area contributed by atoms with Crippen LogP contribution in [0, 0.1) is 0 Å². The third kappa shape index (κ3) is 5.15. The zero-order chi connectivity index (χ0) is 21.6. The highest BCUT2D eigenvalue weighted by atomic mass is 16.5. The van der Waals surface area contributed by atoms with Gasteiger partial charge in [0, 0.05) is 30.9 Å². The summed E-state index contributed by atoms with van der Waals surface area (Å²) >= 11 is 0. The van der Waals surface area contributed by atoms with Crippen molar-refractivity contribution in [3.63, 3.8) is 0 Å². The number of hydrogen-bond acceptors (Lipinski definition) is 6. The number of anilines is 1. The van der Waals surface area contributed by atoms with E-state index in [1.807, 2.05) is 24.3 Å². The molecule has 1 aliphatic carbocycles. The van der Waals surface area contributed by atoms with Crippen molar-refractivity contribution in [3.8, 4) is 5.75 Å². The maximum atomic E-state index is 13.1. The highest BCUT2D eigenvalue weighted by Gasteiger charge is 2.26. The quantitative estimate of drug-likeness (QED) is 0.604. The van der Waals surface area contributed by atoms with E-state index in [1.54, 1.807) is 13.4 Å². The first-order valence-electron chi connectivity index (χ1n) is 11.4. The molecule has 1 aromatic carbocycles. The molecular formula is C24H33N5O2. The lowest BCUT2D eigenvalue weighted by Crippen LogP contribution is -2.38. The van der Waals surface area contributed by atoms with E-state index >= 15 is 0 Å². The molecule has 1 amide bonds. The molecule has 2 aliphatic rings. The highest BCUT2D eigenvalue weighted by molar-refractivity contribution is 5.84. The van der Waals surface area contributed by atoms with Gasteiger partial charge in [-0.15, -0.1) is 0 Å². The monoisotopic (exact) mass is 423 g/mol. The Morgan fingerprint density at radius 3 is 2.71 bits per heavy atom. The smallest absolute Gasteiger partial charge is 0.228 e. The van der Waals surface area contributed by atoms with Crippen LogP contribution in [0.5, 0.6) is 5.75 Å². The lowest BCUT2D eigenvalue weighted by molar-refractivity contribution is -0.122. The van der Waals surface area contributed by atoms with Gasteiger partial charge in [-0.2, -0.15) is 0 Å². The number of carbonyl (C=O) groups excluding carboxylic acids is 1. The summed E-state index contributed by atoms with van der Waals surface area (Å²) < 4.78 is 5.27. The molecule has 0 radical (unpaired) electrons. The van der Waals surface area contributed by atoms with Crippen LogP contribution in [-0.4, -0.2) is 60.6 Å². The van der Waals surface area contributed by atoms with E-state index in [0.29, 0.717) is 19.0 Å². The Labute approximate surface area is 184 Å². The number of likely N-dealkylation sites (tertiary alicyclic amines) is 1. The molecule has 7 nitrogen and oxygen atoms in total. The Kier molecular flexibility index (Phi) is 7.02. The first-order valence-corrected chi connectivity index (χ1v) is 11.4. The fraction of sp³-hybridized carbons (Fsp3) is 0.542. The molecule has 0 bridgehead atoms. The normalized spacial score (nSPS) is 19.1. The van der Waals surface area contributed by atoms with Crippen LogP contribution in [0.25, 0.3) is 0 Å². The minimum absolute atomic E-state index is 0.0696. The number of amides is 1. The molecule has 4 rings (SSSR count). The van der Waals surface area contributed by atoms with Crippen LogP contribution in [-0.2, 0) is 11.2 Å². The summed E-state index contributed by atoms with van der Waals surface area (Å²) in [5, 5.41) is 6.54. The number of fused-ring (bicyclic) bond motifs is 1. The molecule has 0 saturated carbocycles. The molecule has 2 N–H and O–H groups in total. The molecule has 1 fully saturated rings. The van der Waals surface area contributed by atoms with Crippen molar-refractivity contribution in [3.05, 3.63) is 47.4 Å². The van der Waals surface area contributed by atoms with Crippen molar-refractivity contribution in [2.24, 2.45) is 0 Å². The van der Waals surface area contributed by atoms with Gasteiger partial charge in [0.2, 0.25) is 5.91 Å². The van der Waals surface area contributed by atoms with E-state index < -0.39 is 0 Å². The third-order valence-corrected chi connectivity index (χ3v) is 6.46. The molecule has 2 heterocycles. The van der Waals surface area contributed by atoms with Gasteiger partial charge in [0.05, 0.1) is 13.0 Å². The molecule has 2 aromatic rings. The van der Waals surface area contributed by atoms with E-state index in [9.17, 15) is 4.79 Å². The van der Waals surface area contributed by atoms with Crippen molar-refractivity contribution in [1.82, 2.24) is 20.2 Å². The van der Waals surface area contributed by atoms with Crippen molar-refractivity contribution >= 4 is 11.7 Å². The standard InChI is InChI=1S/C24H33N5O2/c1-17-5-10-21-22(17)23(28-16-27-21)25-11-12-26-24(30)20(15-29-13-3-4-14-29)18-6-8-19(31-2)9-7-18/h6-9,16-17,20H,3-5,10-15H2,1-2H3,(H,26,30)(H,25,27,28)/t17-,20?/m1/s1. The van der Waals surface area contributed by atoms with Crippen LogP contribution >= 0.6 is 0 Å². The molecule has 1 saturated heterocycles. The summed E-state index contributed by atoms with van der Waals surface area (Å²) in [4.78, 5) is 24.3. The molecule has 1 unspecified atom stereocenters. The summed E-state index contributed by atoms with van der Waals surface area (Å²) in [6.45, 7) is 6.30. The average Bonchev–Trinajstić information content (AvgIpc) is 3.45. The molecule has 7 heteroatoms. The van der Waals surface area contributed by atoms with Crippen LogP contribution in [0.15, 0.2) is 30.6 Å². The molecule has 0 spiro atoms. The van der Waals surface area contributed by atoms with Crippen LogP contribution in [0.1, 0.15) is 54.8 Å². The van der Waals surface area contributed by atoms with Gasteiger partial charge >= 0.3 is 0 Å². The Hall–Kier alpha value is -2.67. The van der Waals surface area contributed by atoms with E-state index in [4.69, 9.17) is 4.74 Å². The number of rotatable bonds is 9. The van der Waals surface area contributed by atoms with Gasteiger partial charge in [0.25, 0.3) is 0 Å². The van der Waals surface area contributed by atoms with Crippen LogP contribution < -0.4 is 15.4 Å². The summed E-state index contributed by atoms with van der Waals surface area (Å²) in [6, 6.07) is 7.86. The summed E-state index contributed by atoms with van der Waals surface area (Å²) in [5.74, 6) is 2.08. The fourth-order valence-electron chi connectivity index (χ4n) is 4.68. The van der Waals surface area contributed by atoms with Crippen LogP contribution in [0.2, 0.25) is 0 Å². The van der Waals surface area contributed by atoms with Gasteiger partial charge in [0.1, 0.15) is 17.9 Å². The molecule has 166 valence electrons. The lowest BCUT2D eigenvalue weighted by Gasteiger charge is -2.23.